The Morgan fingerprint density at radius 1 is 1.26 bits per heavy atom. The van der Waals surface area contributed by atoms with Crippen LogP contribution in [0, 0.1) is 0 Å². The van der Waals surface area contributed by atoms with Crippen molar-refractivity contribution < 1.29 is 35.9 Å². The summed E-state index contributed by atoms with van der Waals surface area (Å²) in [7, 11) is -1.70. The second-order valence-electron chi connectivity index (χ2n) is 6.12. The van der Waals surface area contributed by atoms with Crippen molar-refractivity contribution in [2.75, 3.05) is 25.2 Å². The summed E-state index contributed by atoms with van der Waals surface area (Å²) in [5.74, 6) is -1.47. The number of carbonyl (C=O) groups is 2. The van der Waals surface area contributed by atoms with E-state index in [1.54, 1.807) is 0 Å². The molecule has 1 amide bonds. The van der Waals surface area contributed by atoms with Crippen LogP contribution in [0.2, 0.25) is 0 Å². The fraction of sp³-hybridized carbons (Fsp3) is 0.412. The molecule has 1 aromatic rings. The van der Waals surface area contributed by atoms with E-state index in [4.69, 9.17) is 4.74 Å². The molecule has 1 atom stereocenters. The Morgan fingerprint density at radius 2 is 1.89 bits per heavy atom. The maximum atomic E-state index is 12.5. The summed E-state index contributed by atoms with van der Waals surface area (Å²) < 4.78 is 65.1. The summed E-state index contributed by atoms with van der Waals surface area (Å²) in [5.41, 5.74) is -0.440. The molecule has 1 aliphatic heterocycles. The molecule has 0 bridgehead atoms. The van der Waals surface area contributed by atoms with Crippen LogP contribution in [0.25, 0.3) is 6.08 Å². The molecule has 148 valence electrons. The number of alkyl halides is 3. The third-order valence-corrected chi connectivity index (χ3v) is 5.89. The molecule has 0 N–H and O–H groups in total. The van der Waals surface area contributed by atoms with Crippen molar-refractivity contribution in [1.82, 2.24) is 4.90 Å². The number of esters is 1. The number of amides is 1. The van der Waals surface area contributed by atoms with Gasteiger partial charge in [0.2, 0.25) is 0 Å². The first kappa shape index (κ1) is 20.9. The normalized spacial score (nSPS) is 19.2. The highest BCUT2D eigenvalue weighted by Crippen LogP contribution is 2.29. The fourth-order valence-electron chi connectivity index (χ4n) is 2.51. The average Bonchev–Trinajstić information content (AvgIpc) is 2.96. The maximum absolute atomic E-state index is 12.5. The van der Waals surface area contributed by atoms with E-state index in [2.05, 4.69) is 0 Å². The van der Waals surface area contributed by atoms with Crippen molar-refractivity contribution in [3.63, 3.8) is 0 Å². The minimum Gasteiger partial charge on any atom is -0.452 e. The predicted molar refractivity (Wildman–Crippen MR) is 91.3 cm³/mol. The van der Waals surface area contributed by atoms with Gasteiger partial charge in [-0.05, 0) is 30.2 Å². The number of rotatable bonds is 5. The largest absolute Gasteiger partial charge is 0.452 e. The van der Waals surface area contributed by atoms with E-state index >= 15 is 0 Å². The van der Waals surface area contributed by atoms with Crippen LogP contribution in [0.1, 0.15) is 17.5 Å². The molecule has 1 heterocycles. The van der Waals surface area contributed by atoms with Gasteiger partial charge in [-0.2, -0.15) is 13.2 Å². The molecule has 1 saturated heterocycles. The highest BCUT2D eigenvalue weighted by molar-refractivity contribution is 7.91. The van der Waals surface area contributed by atoms with Crippen molar-refractivity contribution in [3.8, 4) is 0 Å². The molecular weight excluding hydrogens is 387 g/mol. The molecular formula is C17H18F3NO5S. The molecule has 0 spiro atoms. The molecule has 1 aliphatic rings. The van der Waals surface area contributed by atoms with Crippen LogP contribution in [-0.2, 0) is 30.3 Å². The van der Waals surface area contributed by atoms with Gasteiger partial charge < -0.3 is 9.64 Å². The first-order chi connectivity index (χ1) is 12.5. The van der Waals surface area contributed by atoms with Crippen molar-refractivity contribution >= 4 is 27.8 Å². The van der Waals surface area contributed by atoms with E-state index in [-0.39, 0.29) is 11.5 Å². The van der Waals surface area contributed by atoms with Gasteiger partial charge in [-0.1, -0.05) is 12.1 Å². The number of benzene rings is 1. The van der Waals surface area contributed by atoms with Crippen LogP contribution >= 0.6 is 0 Å². The van der Waals surface area contributed by atoms with E-state index in [0.29, 0.717) is 12.0 Å². The number of nitrogens with zero attached hydrogens (tertiary/aromatic N) is 1. The Kier molecular flexibility index (Phi) is 6.30. The van der Waals surface area contributed by atoms with Crippen LogP contribution in [-0.4, -0.2) is 56.4 Å². The zero-order valence-electron chi connectivity index (χ0n) is 14.4. The topological polar surface area (TPSA) is 80.8 Å². The Hall–Kier alpha value is -2.36. The van der Waals surface area contributed by atoms with Crippen LogP contribution in [0.3, 0.4) is 0 Å². The van der Waals surface area contributed by atoms with Gasteiger partial charge in [0.05, 0.1) is 17.1 Å². The summed E-state index contributed by atoms with van der Waals surface area (Å²) in [4.78, 5) is 24.9. The molecule has 1 aromatic carbocycles. The van der Waals surface area contributed by atoms with Gasteiger partial charge in [0.15, 0.2) is 16.4 Å². The number of sulfone groups is 1. The highest BCUT2D eigenvalue weighted by Gasteiger charge is 2.33. The second kappa shape index (κ2) is 8.12. The number of hydrogen-bond acceptors (Lipinski definition) is 5. The summed E-state index contributed by atoms with van der Waals surface area (Å²) in [5, 5.41) is 0. The first-order valence-corrected chi connectivity index (χ1v) is 9.78. The third kappa shape index (κ3) is 6.09. The molecule has 0 aliphatic carbocycles. The molecule has 0 radical (unpaired) electrons. The van der Waals surface area contributed by atoms with E-state index in [0.717, 1.165) is 18.2 Å². The van der Waals surface area contributed by atoms with Crippen LogP contribution in [0.4, 0.5) is 13.2 Å². The lowest BCUT2D eigenvalue weighted by Crippen LogP contribution is -2.40. The van der Waals surface area contributed by atoms with Crippen LogP contribution in [0.5, 0.6) is 0 Å². The Balaban J connectivity index is 1.83. The molecule has 1 fully saturated rings. The Labute approximate surface area is 154 Å². The van der Waals surface area contributed by atoms with E-state index in [9.17, 15) is 31.2 Å². The van der Waals surface area contributed by atoms with E-state index < -0.39 is 46.1 Å². The minimum atomic E-state index is -4.44. The van der Waals surface area contributed by atoms with E-state index in [1.807, 2.05) is 0 Å². The Morgan fingerprint density at radius 3 is 2.41 bits per heavy atom. The summed E-state index contributed by atoms with van der Waals surface area (Å²) in [6.45, 7) is -0.552. The molecule has 1 unspecified atom stereocenters. The highest BCUT2D eigenvalue weighted by atomic mass is 32.2. The average molecular weight is 405 g/mol. The van der Waals surface area contributed by atoms with Gasteiger partial charge in [0, 0.05) is 19.2 Å². The number of hydrogen-bond donors (Lipinski definition) is 0. The Bertz CT molecular complexity index is 831. The van der Waals surface area contributed by atoms with Crippen molar-refractivity contribution in [1.29, 1.82) is 0 Å². The number of carbonyl (C=O) groups excluding carboxylic acids is 2. The third-order valence-electron chi connectivity index (χ3n) is 4.14. The zero-order valence-corrected chi connectivity index (χ0v) is 15.2. The predicted octanol–water partition coefficient (Wildman–Crippen LogP) is 1.91. The lowest BCUT2D eigenvalue weighted by atomic mass is 10.1. The van der Waals surface area contributed by atoms with Gasteiger partial charge >= 0.3 is 12.1 Å². The smallest absolute Gasteiger partial charge is 0.416 e. The summed E-state index contributed by atoms with van der Waals surface area (Å²) in [6.07, 6.45) is -1.84. The number of halogens is 3. The second-order valence-corrected chi connectivity index (χ2v) is 8.35. The fourth-order valence-corrected chi connectivity index (χ4v) is 4.29. The maximum Gasteiger partial charge on any atom is 0.416 e. The van der Waals surface area contributed by atoms with Gasteiger partial charge in [0.1, 0.15) is 0 Å². The molecule has 0 saturated carbocycles. The number of ether oxygens (including phenoxy) is 1. The number of likely N-dealkylation sites (N-methyl/N-ethyl adjacent to an activating group) is 1. The monoisotopic (exact) mass is 405 g/mol. The molecule has 0 aromatic heterocycles. The summed E-state index contributed by atoms with van der Waals surface area (Å²) >= 11 is 0. The summed E-state index contributed by atoms with van der Waals surface area (Å²) in [6, 6.07) is 3.74. The van der Waals surface area contributed by atoms with Gasteiger partial charge in [-0.15, -0.1) is 0 Å². The van der Waals surface area contributed by atoms with Gasteiger partial charge in [0.25, 0.3) is 5.91 Å². The molecule has 2 rings (SSSR count). The zero-order chi connectivity index (χ0) is 20.2. The van der Waals surface area contributed by atoms with E-state index in [1.165, 1.54) is 30.2 Å². The first-order valence-electron chi connectivity index (χ1n) is 7.96. The van der Waals surface area contributed by atoms with Crippen LogP contribution in [0.15, 0.2) is 30.3 Å². The van der Waals surface area contributed by atoms with Crippen LogP contribution < -0.4 is 0 Å². The standard InChI is InChI=1S/C17H18F3NO5S/c1-21(14-8-9-27(24,25)11-14)15(22)10-26-16(23)7-4-12-2-5-13(6-3-12)17(18,19)20/h2-7,14H,8-11H2,1H3. The quantitative estimate of drug-likeness (QED) is 0.552. The van der Waals surface area contributed by atoms with Crippen molar-refractivity contribution in [3.05, 3.63) is 41.5 Å². The minimum absolute atomic E-state index is 0.0188. The SMILES string of the molecule is CN(C(=O)COC(=O)C=Cc1ccc(C(F)(F)F)cc1)C1CCS(=O)(=O)C1. The molecule has 6 nitrogen and oxygen atoms in total. The van der Waals surface area contributed by atoms with Gasteiger partial charge in [-0.3, -0.25) is 4.79 Å². The lowest BCUT2D eigenvalue weighted by molar-refractivity contribution is -0.148. The molecule has 10 heteroatoms. The van der Waals surface area contributed by atoms with Crippen molar-refractivity contribution in [2.45, 2.75) is 18.6 Å². The van der Waals surface area contributed by atoms with Gasteiger partial charge in [-0.25, -0.2) is 13.2 Å². The van der Waals surface area contributed by atoms with Crippen molar-refractivity contribution in [2.24, 2.45) is 0 Å². The molecule has 27 heavy (non-hydrogen) atoms. The lowest BCUT2D eigenvalue weighted by Gasteiger charge is -2.22.